The Labute approximate surface area is 97.9 Å². The summed E-state index contributed by atoms with van der Waals surface area (Å²) in [5, 5.41) is 18.5. The molecule has 0 atom stereocenters. The minimum Gasteiger partial charge on any atom is -0.493 e. The van der Waals surface area contributed by atoms with Crippen LogP contribution in [0.3, 0.4) is 0 Å². The highest BCUT2D eigenvalue weighted by molar-refractivity contribution is 5.93. The molecule has 0 aromatic carbocycles. The van der Waals surface area contributed by atoms with Gasteiger partial charge < -0.3 is 15.9 Å². The lowest BCUT2D eigenvalue weighted by molar-refractivity contribution is -0.136. The molecule has 0 saturated heterocycles. The monoisotopic (exact) mass is 241 g/mol. The molecule has 1 heterocycles. The maximum Gasteiger partial charge on any atom is 0.311 e. The number of carboxylic acids is 1. The Morgan fingerprint density at radius 1 is 1.47 bits per heavy atom. The van der Waals surface area contributed by atoms with E-state index in [0.717, 1.165) is 0 Å². The fraction of sp³-hybridized carbons (Fsp3) is 0.500. The van der Waals surface area contributed by atoms with Crippen molar-refractivity contribution < 1.29 is 19.8 Å². The molecule has 7 nitrogen and oxygen atoms in total. The molecule has 0 fully saturated rings. The fourth-order valence-electron chi connectivity index (χ4n) is 1.48. The third-order valence-electron chi connectivity index (χ3n) is 2.11. The molecule has 0 spiro atoms. The highest BCUT2D eigenvalue weighted by atomic mass is 16.4. The minimum atomic E-state index is -1.09. The minimum absolute atomic E-state index is 0.123. The quantitative estimate of drug-likeness (QED) is 0.669. The highest BCUT2D eigenvalue weighted by Crippen LogP contribution is 2.21. The van der Waals surface area contributed by atoms with Crippen LogP contribution < -0.4 is 5.73 Å². The summed E-state index contributed by atoms with van der Waals surface area (Å²) in [6, 6.07) is 0. The number of aromatic nitrogens is 2. The zero-order chi connectivity index (χ0) is 13.2. The Bertz CT molecular complexity index is 451. The molecule has 1 aromatic rings. The fourth-order valence-corrected chi connectivity index (χ4v) is 1.48. The van der Waals surface area contributed by atoms with Crippen molar-refractivity contribution in [3.63, 3.8) is 0 Å². The van der Waals surface area contributed by atoms with E-state index in [0.29, 0.717) is 6.54 Å². The van der Waals surface area contributed by atoms with Crippen molar-refractivity contribution in [2.45, 2.75) is 26.8 Å². The lowest BCUT2D eigenvalue weighted by Crippen LogP contribution is -2.12. The van der Waals surface area contributed by atoms with Gasteiger partial charge in [0.2, 0.25) is 5.88 Å². The molecule has 0 unspecified atom stereocenters. The van der Waals surface area contributed by atoms with Crippen molar-refractivity contribution >= 4 is 11.9 Å². The summed E-state index contributed by atoms with van der Waals surface area (Å²) in [5.74, 6) is -2.05. The van der Waals surface area contributed by atoms with Crippen molar-refractivity contribution in [3.05, 3.63) is 11.5 Å². The van der Waals surface area contributed by atoms with Gasteiger partial charge in [0.25, 0.3) is 5.91 Å². The van der Waals surface area contributed by atoms with Gasteiger partial charge in [0.15, 0.2) is 5.69 Å². The summed E-state index contributed by atoms with van der Waals surface area (Å²) in [5.41, 5.74) is 4.75. The molecule has 94 valence electrons. The molecule has 0 aliphatic carbocycles. The molecular formula is C10H15N3O4. The smallest absolute Gasteiger partial charge is 0.311 e. The van der Waals surface area contributed by atoms with E-state index >= 15 is 0 Å². The van der Waals surface area contributed by atoms with Crippen LogP contribution in [0.1, 0.15) is 30.2 Å². The normalized spacial score (nSPS) is 10.8. The Morgan fingerprint density at radius 3 is 2.47 bits per heavy atom. The molecule has 0 radical (unpaired) electrons. The second kappa shape index (κ2) is 4.86. The topological polar surface area (TPSA) is 118 Å². The molecule has 1 rings (SSSR count). The van der Waals surface area contributed by atoms with Gasteiger partial charge in [0, 0.05) is 6.54 Å². The van der Waals surface area contributed by atoms with Crippen LogP contribution in [0.4, 0.5) is 0 Å². The van der Waals surface area contributed by atoms with Gasteiger partial charge in [-0.25, -0.2) is 4.98 Å². The van der Waals surface area contributed by atoms with Gasteiger partial charge in [-0.15, -0.1) is 0 Å². The van der Waals surface area contributed by atoms with Crippen LogP contribution >= 0.6 is 0 Å². The third-order valence-corrected chi connectivity index (χ3v) is 2.11. The van der Waals surface area contributed by atoms with Gasteiger partial charge in [-0.1, -0.05) is 13.8 Å². The average molecular weight is 241 g/mol. The van der Waals surface area contributed by atoms with Gasteiger partial charge in [0.05, 0.1) is 0 Å². The first-order valence-corrected chi connectivity index (χ1v) is 5.12. The van der Waals surface area contributed by atoms with Crippen LogP contribution in [0, 0.1) is 5.92 Å². The van der Waals surface area contributed by atoms with Crippen LogP contribution in [-0.2, 0) is 17.8 Å². The lowest BCUT2D eigenvalue weighted by Gasteiger charge is -2.10. The predicted octanol–water partition coefficient (Wildman–Crippen LogP) is -0.0293. The van der Waals surface area contributed by atoms with Crippen molar-refractivity contribution in [2.24, 2.45) is 11.7 Å². The van der Waals surface area contributed by atoms with Crippen LogP contribution in [-0.4, -0.2) is 31.6 Å². The second-order valence-electron chi connectivity index (χ2n) is 4.14. The van der Waals surface area contributed by atoms with E-state index in [-0.39, 0.29) is 29.7 Å². The molecule has 0 saturated carbocycles. The molecule has 17 heavy (non-hydrogen) atoms. The van der Waals surface area contributed by atoms with E-state index in [1.54, 1.807) is 0 Å². The number of hydrogen-bond donors (Lipinski definition) is 3. The van der Waals surface area contributed by atoms with Crippen molar-refractivity contribution in [2.75, 3.05) is 0 Å². The molecule has 0 bridgehead atoms. The van der Waals surface area contributed by atoms with Crippen LogP contribution in [0.15, 0.2) is 0 Å². The largest absolute Gasteiger partial charge is 0.493 e. The van der Waals surface area contributed by atoms with E-state index in [9.17, 15) is 14.7 Å². The summed E-state index contributed by atoms with van der Waals surface area (Å²) in [6.45, 7) is 4.16. The van der Waals surface area contributed by atoms with E-state index in [2.05, 4.69) is 4.98 Å². The van der Waals surface area contributed by atoms with Crippen molar-refractivity contribution in [1.82, 2.24) is 9.55 Å². The Balaban J connectivity index is 3.21. The SMILES string of the molecule is CC(C)Cn1c(CC(=O)O)nc(C(N)=O)c1O. The number of aromatic hydroxyl groups is 1. The zero-order valence-corrected chi connectivity index (χ0v) is 9.67. The summed E-state index contributed by atoms with van der Waals surface area (Å²) in [4.78, 5) is 25.4. The maximum atomic E-state index is 11.0. The summed E-state index contributed by atoms with van der Waals surface area (Å²) in [7, 11) is 0. The van der Waals surface area contributed by atoms with Crippen molar-refractivity contribution in [1.29, 1.82) is 0 Å². The number of carbonyl (C=O) groups excluding carboxylic acids is 1. The number of rotatable bonds is 5. The molecule has 1 aromatic heterocycles. The van der Waals surface area contributed by atoms with Crippen LogP contribution in [0.5, 0.6) is 5.88 Å². The molecule has 7 heteroatoms. The van der Waals surface area contributed by atoms with Crippen molar-refractivity contribution in [3.8, 4) is 5.88 Å². The summed E-state index contributed by atoms with van der Waals surface area (Å²) < 4.78 is 1.30. The summed E-state index contributed by atoms with van der Waals surface area (Å²) >= 11 is 0. The third kappa shape index (κ3) is 2.96. The highest BCUT2D eigenvalue weighted by Gasteiger charge is 2.21. The molecule has 0 aliphatic rings. The van der Waals surface area contributed by atoms with E-state index in [4.69, 9.17) is 10.8 Å². The average Bonchev–Trinajstić information content (AvgIpc) is 2.44. The van der Waals surface area contributed by atoms with Gasteiger partial charge in [0.1, 0.15) is 12.2 Å². The first kappa shape index (κ1) is 13.0. The van der Waals surface area contributed by atoms with Gasteiger partial charge in [-0.3, -0.25) is 14.2 Å². The zero-order valence-electron chi connectivity index (χ0n) is 9.67. The molecule has 1 amide bonds. The number of primary amides is 1. The molecule has 0 aliphatic heterocycles. The number of aliphatic carboxylic acids is 1. The van der Waals surface area contributed by atoms with Crippen LogP contribution in [0.2, 0.25) is 0 Å². The standard InChI is InChI=1S/C10H15N3O4/c1-5(2)4-13-6(3-7(14)15)12-8(9(11)16)10(13)17/h5,17H,3-4H2,1-2H3,(H2,11,16)(H,14,15). The van der Waals surface area contributed by atoms with Gasteiger partial charge in [-0.05, 0) is 5.92 Å². The maximum absolute atomic E-state index is 11.0. The Hall–Kier alpha value is -2.05. The summed E-state index contributed by atoms with van der Waals surface area (Å²) in [6.07, 6.45) is -0.368. The number of carboxylic acid groups (broad SMARTS) is 1. The number of amides is 1. The number of hydrogen-bond acceptors (Lipinski definition) is 4. The van der Waals surface area contributed by atoms with E-state index in [1.807, 2.05) is 13.8 Å². The first-order chi connectivity index (χ1) is 7.82. The lowest BCUT2D eigenvalue weighted by atomic mass is 10.2. The molecule has 4 N–H and O–H groups in total. The van der Waals surface area contributed by atoms with Crippen LogP contribution in [0.25, 0.3) is 0 Å². The van der Waals surface area contributed by atoms with Gasteiger partial charge >= 0.3 is 5.97 Å². The predicted molar refractivity (Wildman–Crippen MR) is 58.6 cm³/mol. The first-order valence-electron chi connectivity index (χ1n) is 5.12. The number of nitrogens with two attached hydrogens (primary N) is 1. The number of carbonyl (C=O) groups is 2. The second-order valence-corrected chi connectivity index (χ2v) is 4.14. The number of nitrogens with zero attached hydrogens (tertiary/aromatic N) is 2. The van der Waals surface area contributed by atoms with Gasteiger partial charge in [-0.2, -0.15) is 0 Å². The van der Waals surface area contributed by atoms with E-state index in [1.165, 1.54) is 4.57 Å². The van der Waals surface area contributed by atoms with E-state index < -0.39 is 11.9 Å². The molecular weight excluding hydrogens is 226 g/mol. The Kier molecular flexibility index (Phi) is 3.72. The number of imidazole rings is 1. The Morgan fingerprint density at radius 2 is 2.06 bits per heavy atom.